The second-order valence-corrected chi connectivity index (χ2v) is 6.80. The highest BCUT2D eigenvalue weighted by Gasteiger charge is 2.10. The molecule has 0 spiro atoms. The summed E-state index contributed by atoms with van der Waals surface area (Å²) in [5.74, 6) is 1.43. The zero-order valence-electron chi connectivity index (χ0n) is 16.8. The molecule has 0 aliphatic rings. The Morgan fingerprint density at radius 2 is 1.59 bits per heavy atom. The molecule has 0 N–H and O–H groups in total. The number of methoxy groups -OCH3 is 2. The molecule has 5 nitrogen and oxygen atoms in total. The SMILES string of the molecule is COc1ccc(/C(=C/Cn2ccc3c(OC)ncnc32)c2ccc(C)cc2)cc1. The van der Waals surface area contributed by atoms with Crippen LogP contribution in [0.4, 0.5) is 0 Å². The van der Waals surface area contributed by atoms with Gasteiger partial charge in [-0.2, -0.15) is 0 Å². The van der Waals surface area contributed by atoms with Crippen molar-refractivity contribution in [3.05, 3.63) is 89.9 Å². The Bertz CT molecular complexity index is 1140. The van der Waals surface area contributed by atoms with Crippen LogP contribution in [0.2, 0.25) is 0 Å². The summed E-state index contributed by atoms with van der Waals surface area (Å²) in [4.78, 5) is 8.61. The molecule has 0 bridgehead atoms. The van der Waals surface area contributed by atoms with E-state index in [-0.39, 0.29) is 0 Å². The molecule has 0 aliphatic carbocycles. The van der Waals surface area contributed by atoms with Crippen LogP contribution in [0.3, 0.4) is 0 Å². The molecular formula is C24H23N3O2. The average Bonchev–Trinajstić information content (AvgIpc) is 3.19. The van der Waals surface area contributed by atoms with E-state index in [1.807, 2.05) is 24.4 Å². The fourth-order valence-electron chi connectivity index (χ4n) is 3.39. The highest BCUT2D eigenvalue weighted by Crippen LogP contribution is 2.27. The first-order valence-corrected chi connectivity index (χ1v) is 9.45. The fraction of sp³-hybridized carbons (Fsp3) is 0.167. The van der Waals surface area contributed by atoms with Crippen LogP contribution in [0.5, 0.6) is 11.6 Å². The molecule has 0 radical (unpaired) electrons. The number of allylic oxidation sites excluding steroid dienone is 1. The van der Waals surface area contributed by atoms with Gasteiger partial charge in [-0.1, -0.05) is 48.0 Å². The van der Waals surface area contributed by atoms with Crippen LogP contribution >= 0.6 is 0 Å². The molecule has 0 amide bonds. The topological polar surface area (TPSA) is 49.2 Å². The third kappa shape index (κ3) is 3.85. The molecular weight excluding hydrogens is 362 g/mol. The van der Waals surface area contributed by atoms with Crippen LogP contribution in [-0.4, -0.2) is 28.8 Å². The van der Waals surface area contributed by atoms with Gasteiger partial charge in [0.15, 0.2) is 0 Å². The molecule has 4 aromatic rings. The van der Waals surface area contributed by atoms with Crippen molar-refractivity contribution in [2.45, 2.75) is 13.5 Å². The first-order chi connectivity index (χ1) is 14.2. The van der Waals surface area contributed by atoms with Gasteiger partial charge in [0, 0.05) is 12.7 Å². The number of nitrogens with zero attached hydrogens (tertiary/aromatic N) is 3. The molecule has 29 heavy (non-hydrogen) atoms. The lowest BCUT2D eigenvalue weighted by Gasteiger charge is -2.11. The molecule has 0 atom stereocenters. The molecule has 4 rings (SSSR count). The monoisotopic (exact) mass is 385 g/mol. The average molecular weight is 385 g/mol. The summed E-state index contributed by atoms with van der Waals surface area (Å²) in [7, 11) is 3.30. The molecule has 2 aromatic carbocycles. The minimum Gasteiger partial charge on any atom is -0.497 e. The number of fused-ring (bicyclic) bond motifs is 1. The first kappa shape index (κ1) is 18.7. The maximum Gasteiger partial charge on any atom is 0.225 e. The minimum absolute atomic E-state index is 0.589. The lowest BCUT2D eigenvalue weighted by atomic mass is 9.96. The summed E-state index contributed by atoms with van der Waals surface area (Å²) >= 11 is 0. The summed E-state index contributed by atoms with van der Waals surface area (Å²) in [6.07, 6.45) is 5.77. The van der Waals surface area contributed by atoms with Crippen molar-refractivity contribution < 1.29 is 9.47 Å². The van der Waals surface area contributed by atoms with Crippen LogP contribution in [-0.2, 0) is 6.54 Å². The summed E-state index contributed by atoms with van der Waals surface area (Å²) in [6.45, 7) is 2.78. The first-order valence-electron chi connectivity index (χ1n) is 9.45. The van der Waals surface area contributed by atoms with Crippen molar-refractivity contribution >= 4 is 16.6 Å². The second-order valence-electron chi connectivity index (χ2n) is 6.80. The second kappa shape index (κ2) is 8.19. The van der Waals surface area contributed by atoms with Crippen LogP contribution in [0, 0.1) is 6.92 Å². The maximum atomic E-state index is 5.35. The van der Waals surface area contributed by atoms with Crippen LogP contribution in [0.25, 0.3) is 16.6 Å². The maximum absolute atomic E-state index is 5.35. The van der Waals surface area contributed by atoms with Crippen LogP contribution in [0.1, 0.15) is 16.7 Å². The van der Waals surface area contributed by atoms with Gasteiger partial charge in [0.25, 0.3) is 0 Å². The largest absolute Gasteiger partial charge is 0.497 e. The van der Waals surface area contributed by atoms with Crippen LogP contribution in [0.15, 0.2) is 73.2 Å². The van der Waals surface area contributed by atoms with Crippen LogP contribution < -0.4 is 9.47 Å². The lowest BCUT2D eigenvalue weighted by Crippen LogP contribution is -1.98. The van der Waals surface area contributed by atoms with E-state index < -0.39 is 0 Å². The number of hydrogen-bond acceptors (Lipinski definition) is 4. The molecule has 0 unspecified atom stereocenters. The predicted molar refractivity (Wildman–Crippen MR) is 115 cm³/mol. The standard InChI is InChI=1S/C24H23N3O2/c1-17-4-6-18(7-5-17)21(19-8-10-20(28-2)11-9-19)12-14-27-15-13-22-23(27)25-16-26-24(22)29-3/h4-13,15-16H,14H2,1-3H3/b21-12+. The number of rotatable bonds is 6. The third-order valence-electron chi connectivity index (χ3n) is 4.97. The van der Waals surface area contributed by atoms with Gasteiger partial charge in [0.1, 0.15) is 17.7 Å². The highest BCUT2D eigenvalue weighted by molar-refractivity contribution is 5.82. The van der Waals surface area contributed by atoms with E-state index in [2.05, 4.69) is 63.9 Å². The van der Waals surface area contributed by atoms with Crippen molar-refractivity contribution in [1.82, 2.24) is 14.5 Å². The number of aryl methyl sites for hydroxylation is 1. The van der Waals surface area contributed by atoms with E-state index >= 15 is 0 Å². The number of benzene rings is 2. The molecule has 2 heterocycles. The minimum atomic E-state index is 0.589. The van der Waals surface area contributed by atoms with Gasteiger partial charge in [-0.3, -0.25) is 0 Å². The van der Waals surface area contributed by atoms with Crippen molar-refractivity contribution in [2.75, 3.05) is 14.2 Å². The van der Waals surface area contributed by atoms with Gasteiger partial charge in [0.2, 0.25) is 5.88 Å². The summed E-state index contributed by atoms with van der Waals surface area (Å²) in [6, 6.07) is 18.7. The molecule has 0 aliphatic heterocycles. The predicted octanol–water partition coefficient (Wildman–Crippen LogP) is 4.89. The normalized spacial score (nSPS) is 11.6. The zero-order chi connectivity index (χ0) is 20.2. The van der Waals surface area contributed by atoms with Crippen molar-refractivity contribution in [3.8, 4) is 11.6 Å². The quantitative estimate of drug-likeness (QED) is 0.474. The van der Waals surface area contributed by atoms with Gasteiger partial charge in [0.05, 0.1) is 19.6 Å². The number of hydrogen-bond donors (Lipinski definition) is 0. The van der Waals surface area contributed by atoms with Crippen molar-refractivity contribution in [3.63, 3.8) is 0 Å². The molecule has 0 saturated heterocycles. The van der Waals surface area contributed by atoms with Crippen molar-refractivity contribution in [2.24, 2.45) is 0 Å². The Morgan fingerprint density at radius 3 is 2.24 bits per heavy atom. The fourth-order valence-corrected chi connectivity index (χ4v) is 3.39. The van der Waals surface area contributed by atoms with E-state index in [0.717, 1.165) is 27.9 Å². The van der Waals surface area contributed by atoms with Gasteiger partial charge in [-0.25, -0.2) is 9.97 Å². The molecule has 5 heteroatoms. The molecule has 0 fully saturated rings. The van der Waals surface area contributed by atoms with Gasteiger partial charge in [-0.15, -0.1) is 0 Å². The summed E-state index contributed by atoms with van der Waals surface area (Å²) in [5.41, 5.74) is 5.56. The number of ether oxygens (including phenoxy) is 2. The summed E-state index contributed by atoms with van der Waals surface area (Å²) < 4.78 is 12.8. The van der Waals surface area contributed by atoms with Gasteiger partial charge in [-0.05, 0) is 41.8 Å². The smallest absolute Gasteiger partial charge is 0.225 e. The number of aromatic nitrogens is 3. The van der Waals surface area contributed by atoms with Crippen molar-refractivity contribution in [1.29, 1.82) is 0 Å². The third-order valence-corrected chi connectivity index (χ3v) is 4.97. The van der Waals surface area contributed by atoms with E-state index in [0.29, 0.717) is 12.4 Å². The van der Waals surface area contributed by atoms with E-state index in [1.165, 1.54) is 17.5 Å². The Balaban J connectivity index is 1.74. The molecule has 146 valence electrons. The summed E-state index contributed by atoms with van der Waals surface area (Å²) in [5, 5.41) is 0.907. The lowest BCUT2D eigenvalue weighted by molar-refractivity contribution is 0.402. The van der Waals surface area contributed by atoms with E-state index in [1.54, 1.807) is 14.2 Å². The zero-order valence-corrected chi connectivity index (χ0v) is 16.8. The Labute approximate surface area is 170 Å². The van der Waals surface area contributed by atoms with E-state index in [4.69, 9.17) is 9.47 Å². The molecule has 2 aromatic heterocycles. The Hall–Kier alpha value is -3.60. The van der Waals surface area contributed by atoms with E-state index in [9.17, 15) is 0 Å². The Morgan fingerprint density at radius 1 is 0.897 bits per heavy atom. The molecule has 0 saturated carbocycles. The van der Waals surface area contributed by atoms with Gasteiger partial charge < -0.3 is 14.0 Å². The van der Waals surface area contributed by atoms with Gasteiger partial charge >= 0.3 is 0 Å². The Kier molecular flexibility index (Phi) is 5.29. The highest BCUT2D eigenvalue weighted by atomic mass is 16.5.